The molecule has 3 N–H and O–H groups in total. The molecular formula is C12H13N3OS. The summed E-state index contributed by atoms with van der Waals surface area (Å²) >= 11 is 1.54. The third-order valence-corrected chi connectivity index (χ3v) is 2.93. The van der Waals surface area contributed by atoms with Crippen LogP contribution in [0, 0.1) is 5.41 Å². The first-order valence-corrected chi connectivity index (χ1v) is 6.06. The van der Waals surface area contributed by atoms with Gasteiger partial charge in [-0.1, -0.05) is 0 Å². The maximum absolute atomic E-state index is 7.53. The Morgan fingerprint density at radius 1 is 1.53 bits per heavy atom. The number of hydrogen-bond donors (Lipinski definition) is 2. The van der Waals surface area contributed by atoms with Crippen LogP contribution in [0.25, 0.3) is 0 Å². The molecule has 0 aliphatic heterocycles. The highest BCUT2D eigenvalue weighted by atomic mass is 32.1. The van der Waals surface area contributed by atoms with Crippen LogP contribution in [-0.4, -0.2) is 10.7 Å². The summed E-state index contributed by atoms with van der Waals surface area (Å²) in [4.78, 5) is 4.13. The Labute approximate surface area is 104 Å². The van der Waals surface area contributed by atoms with Gasteiger partial charge in [0.2, 0.25) is 0 Å². The number of benzene rings is 1. The monoisotopic (exact) mass is 247 g/mol. The summed E-state index contributed by atoms with van der Waals surface area (Å²) in [5.74, 6) is 0.695. The predicted octanol–water partition coefficient (Wildman–Crippen LogP) is 2.69. The van der Waals surface area contributed by atoms with Gasteiger partial charge in [0.05, 0.1) is 11.2 Å². The fraction of sp³-hybridized carbons (Fsp3) is 0.167. The van der Waals surface area contributed by atoms with E-state index < -0.39 is 0 Å². The quantitative estimate of drug-likeness (QED) is 0.644. The molecule has 1 aromatic carbocycles. The van der Waals surface area contributed by atoms with Crippen LogP contribution in [0.15, 0.2) is 29.1 Å². The Bertz CT molecular complexity index is 523. The summed E-state index contributed by atoms with van der Waals surface area (Å²) in [7, 11) is 0. The molecule has 0 bridgehead atoms. The Morgan fingerprint density at radius 3 is 2.94 bits per heavy atom. The minimum atomic E-state index is 0.436. The van der Waals surface area contributed by atoms with Crippen molar-refractivity contribution in [2.75, 3.05) is 5.73 Å². The summed E-state index contributed by atoms with van der Waals surface area (Å²) in [5, 5.41) is 9.48. The summed E-state index contributed by atoms with van der Waals surface area (Å²) in [6.07, 6.45) is 0. The first kappa shape index (κ1) is 11.6. The number of rotatable bonds is 4. The lowest BCUT2D eigenvalue weighted by Crippen LogP contribution is -2.01. The second-order valence-corrected chi connectivity index (χ2v) is 4.36. The van der Waals surface area contributed by atoms with Crippen LogP contribution in [0.3, 0.4) is 0 Å². The molecule has 0 unspecified atom stereocenters. The van der Waals surface area contributed by atoms with E-state index in [2.05, 4.69) is 4.98 Å². The van der Waals surface area contributed by atoms with Gasteiger partial charge >= 0.3 is 0 Å². The van der Waals surface area contributed by atoms with Gasteiger partial charge in [-0.05, 0) is 19.1 Å². The summed E-state index contributed by atoms with van der Waals surface area (Å²) in [6.45, 7) is 2.15. The van der Waals surface area contributed by atoms with Gasteiger partial charge in [-0.2, -0.15) is 0 Å². The molecule has 88 valence electrons. The number of nitrogens with two attached hydrogens (primary N) is 1. The summed E-state index contributed by atoms with van der Waals surface area (Å²) < 4.78 is 5.56. The number of nitrogens with one attached hydrogen (secondary N) is 1. The van der Waals surface area contributed by atoms with Gasteiger partial charge < -0.3 is 15.9 Å². The molecule has 0 fully saturated rings. The third-order valence-electron chi connectivity index (χ3n) is 2.30. The van der Waals surface area contributed by atoms with Gasteiger partial charge in [0.1, 0.15) is 12.4 Å². The van der Waals surface area contributed by atoms with Crippen molar-refractivity contribution in [3.8, 4) is 5.75 Å². The molecule has 1 aromatic heterocycles. The average Bonchev–Trinajstić information content (AvgIpc) is 2.78. The van der Waals surface area contributed by atoms with E-state index in [-0.39, 0.29) is 0 Å². The van der Waals surface area contributed by atoms with Crippen molar-refractivity contribution in [2.24, 2.45) is 0 Å². The molecule has 4 nitrogen and oxygen atoms in total. The SMILES string of the molecule is CC(=N)c1ccc(OCc2cscn2)cc1N. The van der Waals surface area contributed by atoms with Crippen LogP contribution in [0.4, 0.5) is 5.69 Å². The molecule has 0 amide bonds. The van der Waals surface area contributed by atoms with Crippen LogP contribution in [0.5, 0.6) is 5.75 Å². The zero-order valence-electron chi connectivity index (χ0n) is 9.43. The smallest absolute Gasteiger partial charge is 0.131 e. The lowest BCUT2D eigenvalue weighted by Gasteiger charge is -2.08. The lowest BCUT2D eigenvalue weighted by atomic mass is 10.1. The number of thiazole rings is 1. The molecule has 0 atom stereocenters. The number of aromatic nitrogens is 1. The molecule has 5 heteroatoms. The summed E-state index contributed by atoms with van der Waals surface area (Å²) in [6, 6.07) is 5.35. The van der Waals surface area contributed by atoms with E-state index in [1.165, 1.54) is 0 Å². The summed E-state index contributed by atoms with van der Waals surface area (Å²) in [5.41, 5.74) is 10.3. The number of anilines is 1. The van der Waals surface area contributed by atoms with Crippen molar-refractivity contribution in [3.63, 3.8) is 0 Å². The van der Waals surface area contributed by atoms with Gasteiger partial charge in [-0.3, -0.25) is 0 Å². The molecule has 0 radical (unpaired) electrons. The van der Waals surface area contributed by atoms with Crippen molar-refractivity contribution >= 4 is 22.7 Å². The Kier molecular flexibility index (Phi) is 3.39. The number of nitrogens with zero attached hydrogens (tertiary/aromatic N) is 1. The first-order valence-electron chi connectivity index (χ1n) is 5.11. The van der Waals surface area contributed by atoms with Gasteiger partial charge in [0.25, 0.3) is 0 Å². The van der Waals surface area contributed by atoms with Crippen molar-refractivity contribution in [1.82, 2.24) is 4.98 Å². The van der Waals surface area contributed by atoms with Gasteiger partial charge in [-0.15, -0.1) is 11.3 Å². The fourth-order valence-corrected chi connectivity index (χ4v) is 1.98. The van der Waals surface area contributed by atoms with Gasteiger partial charge in [0, 0.05) is 28.4 Å². The van der Waals surface area contributed by atoms with E-state index in [9.17, 15) is 0 Å². The van der Waals surface area contributed by atoms with Crippen molar-refractivity contribution < 1.29 is 4.74 Å². The molecule has 0 saturated heterocycles. The fourth-order valence-electron chi connectivity index (χ4n) is 1.44. The zero-order chi connectivity index (χ0) is 12.3. The first-order chi connectivity index (χ1) is 8.16. The Hall–Kier alpha value is -1.88. The second-order valence-electron chi connectivity index (χ2n) is 3.64. The highest BCUT2D eigenvalue weighted by molar-refractivity contribution is 7.07. The highest BCUT2D eigenvalue weighted by Gasteiger charge is 2.04. The number of hydrogen-bond acceptors (Lipinski definition) is 5. The molecule has 2 rings (SSSR count). The van der Waals surface area contributed by atoms with E-state index in [4.69, 9.17) is 15.9 Å². The van der Waals surface area contributed by atoms with Crippen LogP contribution in [0.1, 0.15) is 18.2 Å². The van der Waals surface area contributed by atoms with Crippen LogP contribution in [0.2, 0.25) is 0 Å². The van der Waals surface area contributed by atoms with Crippen molar-refractivity contribution in [2.45, 2.75) is 13.5 Å². The van der Waals surface area contributed by atoms with E-state index in [1.54, 1.807) is 35.9 Å². The minimum absolute atomic E-state index is 0.436. The van der Waals surface area contributed by atoms with Gasteiger partial charge in [-0.25, -0.2) is 4.98 Å². The van der Waals surface area contributed by atoms with Crippen LogP contribution >= 0.6 is 11.3 Å². The predicted molar refractivity (Wildman–Crippen MR) is 69.8 cm³/mol. The molecule has 2 aromatic rings. The van der Waals surface area contributed by atoms with Crippen LogP contribution < -0.4 is 10.5 Å². The standard InChI is InChI=1S/C12H13N3OS/c1-8(13)11-3-2-10(4-12(11)14)16-5-9-6-17-7-15-9/h2-4,6-7,13H,5,14H2,1H3. The highest BCUT2D eigenvalue weighted by Crippen LogP contribution is 2.21. The van der Waals surface area contributed by atoms with E-state index >= 15 is 0 Å². The van der Waals surface area contributed by atoms with Crippen LogP contribution in [-0.2, 0) is 6.61 Å². The normalized spacial score (nSPS) is 10.2. The van der Waals surface area contributed by atoms with E-state index in [0.717, 1.165) is 11.3 Å². The Morgan fingerprint density at radius 2 is 2.35 bits per heavy atom. The molecule has 0 saturated carbocycles. The maximum atomic E-state index is 7.53. The number of ether oxygens (including phenoxy) is 1. The molecule has 1 heterocycles. The lowest BCUT2D eigenvalue weighted by molar-refractivity contribution is 0.302. The van der Waals surface area contributed by atoms with Crippen molar-refractivity contribution in [3.05, 3.63) is 40.3 Å². The topological polar surface area (TPSA) is 72.0 Å². The minimum Gasteiger partial charge on any atom is -0.487 e. The van der Waals surface area contributed by atoms with Gasteiger partial charge in [0.15, 0.2) is 0 Å². The second kappa shape index (κ2) is 4.97. The molecule has 0 spiro atoms. The Balaban J connectivity index is 2.07. The number of nitrogen functional groups attached to an aromatic ring is 1. The van der Waals surface area contributed by atoms with Crippen molar-refractivity contribution in [1.29, 1.82) is 5.41 Å². The average molecular weight is 247 g/mol. The molecule has 0 aliphatic rings. The maximum Gasteiger partial charge on any atom is 0.131 e. The largest absolute Gasteiger partial charge is 0.487 e. The third kappa shape index (κ3) is 2.82. The zero-order valence-corrected chi connectivity index (χ0v) is 10.3. The van der Waals surface area contributed by atoms with E-state index in [0.29, 0.717) is 23.8 Å². The van der Waals surface area contributed by atoms with E-state index in [1.807, 2.05) is 11.4 Å². The molecular weight excluding hydrogens is 234 g/mol. The molecule has 0 aliphatic carbocycles. The molecule has 17 heavy (non-hydrogen) atoms.